The number of hydrogen-bond donors (Lipinski definition) is 0. The molecule has 1 saturated carbocycles. The van der Waals surface area contributed by atoms with E-state index in [0.29, 0.717) is 19.0 Å². The van der Waals surface area contributed by atoms with E-state index in [1.165, 1.54) is 12.8 Å². The predicted molar refractivity (Wildman–Crippen MR) is 111 cm³/mol. The summed E-state index contributed by atoms with van der Waals surface area (Å²) < 4.78 is 13.0. The van der Waals surface area contributed by atoms with E-state index in [1.807, 2.05) is 27.8 Å². The maximum Gasteiger partial charge on any atom is 0.223 e. The standard InChI is InChI=1S/C22H31N5O3/c1-22(21-23-24-25-27(21)17-8-4-5-9-17)13-7-6-10-20(28)26(22)15-16-14-18(29-2)11-12-19(16)30-3/h11-12,14,17H,4-10,13,15H2,1-3H3. The molecule has 1 aromatic carbocycles. The lowest BCUT2D eigenvalue weighted by molar-refractivity contribution is -0.138. The molecule has 0 radical (unpaired) electrons. The molecular weight excluding hydrogens is 382 g/mol. The van der Waals surface area contributed by atoms with Crippen LogP contribution in [0.15, 0.2) is 18.2 Å². The smallest absolute Gasteiger partial charge is 0.223 e. The Hall–Kier alpha value is -2.64. The molecule has 1 amide bonds. The van der Waals surface area contributed by atoms with Gasteiger partial charge in [0.2, 0.25) is 5.91 Å². The van der Waals surface area contributed by atoms with Crippen molar-refractivity contribution >= 4 is 5.91 Å². The van der Waals surface area contributed by atoms with Gasteiger partial charge in [-0.3, -0.25) is 4.79 Å². The summed E-state index contributed by atoms with van der Waals surface area (Å²) in [5.74, 6) is 2.41. The minimum atomic E-state index is -0.576. The fourth-order valence-corrected chi connectivity index (χ4v) is 4.90. The molecule has 2 heterocycles. The van der Waals surface area contributed by atoms with Gasteiger partial charge in [0.1, 0.15) is 17.0 Å². The molecule has 30 heavy (non-hydrogen) atoms. The Morgan fingerprint density at radius 1 is 1.13 bits per heavy atom. The molecule has 1 saturated heterocycles. The van der Waals surface area contributed by atoms with Crippen LogP contribution in [0.4, 0.5) is 0 Å². The van der Waals surface area contributed by atoms with E-state index >= 15 is 0 Å². The third kappa shape index (κ3) is 3.75. The molecule has 1 atom stereocenters. The molecule has 8 heteroatoms. The van der Waals surface area contributed by atoms with E-state index < -0.39 is 5.54 Å². The summed E-state index contributed by atoms with van der Waals surface area (Å²) in [5, 5.41) is 12.8. The highest BCUT2D eigenvalue weighted by atomic mass is 16.5. The van der Waals surface area contributed by atoms with Gasteiger partial charge in [0.05, 0.1) is 26.8 Å². The van der Waals surface area contributed by atoms with Crippen molar-refractivity contribution in [2.24, 2.45) is 0 Å². The Morgan fingerprint density at radius 3 is 2.67 bits per heavy atom. The van der Waals surface area contributed by atoms with Crippen molar-refractivity contribution in [3.63, 3.8) is 0 Å². The van der Waals surface area contributed by atoms with Gasteiger partial charge in [-0.25, -0.2) is 4.68 Å². The van der Waals surface area contributed by atoms with Gasteiger partial charge in [0.25, 0.3) is 0 Å². The number of tetrazole rings is 1. The van der Waals surface area contributed by atoms with Gasteiger partial charge in [-0.2, -0.15) is 0 Å². The molecule has 4 rings (SSSR count). The monoisotopic (exact) mass is 413 g/mol. The van der Waals surface area contributed by atoms with Crippen molar-refractivity contribution < 1.29 is 14.3 Å². The fourth-order valence-electron chi connectivity index (χ4n) is 4.90. The molecule has 1 aliphatic carbocycles. The van der Waals surface area contributed by atoms with E-state index in [1.54, 1.807) is 14.2 Å². The topological polar surface area (TPSA) is 82.4 Å². The van der Waals surface area contributed by atoms with Crippen LogP contribution in [0, 0.1) is 0 Å². The summed E-state index contributed by atoms with van der Waals surface area (Å²) in [6, 6.07) is 6.01. The summed E-state index contributed by atoms with van der Waals surface area (Å²) in [7, 11) is 3.29. The first-order valence-corrected chi connectivity index (χ1v) is 10.9. The Balaban J connectivity index is 1.75. The molecule has 2 aromatic rings. The van der Waals surface area contributed by atoms with Crippen molar-refractivity contribution in [1.82, 2.24) is 25.1 Å². The van der Waals surface area contributed by atoms with Gasteiger partial charge in [0.15, 0.2) is 5.82 Å². The molecule has 1 aromatic heterocycles. The summed E-state index contributed by atoms with van der Waals surface area (Å²) >= 11 is 0. The first kappa shape index (κ1) is 20.6. The van der Waals surface area contributed by atoms with Gasteiger partial charge in [0, 0.05) is 12.0 Å². The second-order valence-corrected chi connectivity index (χ2v) is 8.52. The van der Waals surface area contributed by atoms with Crippen molar-refractivity contribution in [3.05, 3.63) is 29.6 Å². The number of likely N-dealkylation sites (tertiary alicyclic amines) is 1. The summed E-state index contributed by atoms with van der Waals surface area (Å²) in [5.41, 5.74) is 0.339. The predicted octanol–water partition coefficient (Wildman–Crippen LogP) is 3.62. The number of aromatic nitrogens is 4. The zero-order chi connectivity index (χ0) is 21.1. The summed E-state index contributed by atoms with van der Waals surface area (Å²) in [6.07, 6.45) is 7.79. The van der Waals surface area contributed by atoms with E-state index in [4.69, 9.17) is 9.47 Å². The van der Waals surface area contributed by atoms with Crippen LogP contribution in [0.3, 0.4) is 0 Å². The molecule has 0 bridgehead atoms. The molecule has 8 nitrogen and oxygen atoms in total. The van der Waals surface area contributed by atoms with Crippen LogP contribution in [0.1, 0.15) is 75.7 Å². The average molecular weight is 414 g/mol. The lowest BCUT2D eigenvalue weighted by Gasteiger charge is -2.40. The van der Waals surface area contributed by atoms with Crippen LogP contribution < -0.4 is 9.47 Å². The average Bonchev–Trinajstić information content (AvgIpc) is 3.44. The van der Waals surface area contributed by atoms with E-state index in [-0.39, 0.29) is 5.91 Å². The first-order valence-electron chi connectivity index (χ1n) is 10.9. The summed E-state index contributed by atoms with van der Waals surface area (Å²) in [4.78, 5) is 15.2. The lowest BCUT2D eigenvalue weighted by Crippen LogP contribution is -2.48. The van der Waals surface area contributed by atoms with Crippen molar-refractivity contribution in [1.29, 1.82) is 0 Å². The van der Waals surface area contributed by atoms with E-state index in [0.717, 1.165) is 55.0 Å². The lowest BCUT2D eigenvalue weighted by atomic mass is 9.92. The zero-order valence-electron chi connectivity index (χ0n) is 18.1. The highest BCUT2D eigenvalue weighted by molar-refractivity contribution is 5.77. The van der Waals surface area contributed by atoms with Crippen LogP contribution in [0.5, 0.6) is 11.5 Å². The Morgan fingerprint density at radius 2 is 1.93 bits per heavy atom. The largest absolute Gasteiger partial charge is 0.497 e. The van der Waals surface area contributed by atoms with E-state index in [9.17, 15) is 4.79 Å². The maximum atomic E-state index is 13.3. The van der Waals surface area contributed by atoms with Crippen LogP contribution in [0.2, 0.25) is 0 Å². The van der Waals surface area contributed by atoms with Crippen LogP contribution in [-0.2, 0) is 16.9 Å². The molecule has 2 fully saturated rings. The zero-order valence-corrected chi connectivity index (χ0v) is 18.1. The number of hydrogen-bond acceptors (Lipinski definition) is 6. The Labute approximate surface area is 177 Å². The SMILES string of the molecule is COc1ccc(OC)c(CN2C(=O)CCCCC2(C)c2nnnn2C2CCCC2)c1. The van der Waals surface area contributed by atoms with Gasteiger partial charge >= 0.3 is 0 Å². The second-order valence-electron chi connectivity index (χ2n) is 8.52. The minimum Gasteiger partial charge on any atom is -0.497 e. The number of benzene rings is 1. The van der Waals surface area contributed by atoms with Crippen molar-refractivity contribution in [2.45, 2.75) is 76.4 Å². The number of methoxy groups -OCH3 is 2. The third-order valence-electron chi connectivity index (χ3n) is 6.66. The third-order valence-corrected chi connectivity index (χ3v) is 6.66. The van der Waals surface area contributed by atoms with Gasteiger partial charge < -0.3 is 14.4 Å². The highest BCUT2D eigenvalue weighted by Gasteiger charge is 2.44. The van der Waals surface area contributed by atoms with Gasteiger partial charge in [-0.15, -0.1) is 5.10 Å². The van der Waals surface area contributed by atoms with Crippen LogP contribution in [-0.4, -0.2) is 45.2 Å². The molecule has 0 spiro atoms. The summed E-state index contributed by atoms with van der Waals surface area (Å²) in [6.45, 7) is 2.53. The number of rotatable bonds is 6. The molecule has 1 aliphatic heterocycles. The maximum absolute atomic E-state index is 13.3. The quantitative estimate of drug-likeness (QED) is 0.719. The Bertz CT molecular complexity index is 893. The van der Waals surface area contributed by atoms with Crippen molar-refractivity contribution in [2.75, 3.05) is 14.2 Å². The molecule has 162 valence electrons. The number of amides is 1. The van der Waals surface area contributed by atoms with Gasteiger partial charge in [-0.1, -0.05) is 19.3 Å². The number of nitrogens with zero attached hydrogens (tertiary/aromatic N) is 5. The minimum absolute atomic E-state index is 0.126. The number of carbonyl (C=O) groups is 1. The molecular formula is C22H31N5O3. The van der Waals surface area contributed by atoms with Crippen LogP contribution >= 0.6 is 0 Å². The Kier molecular flexibility index (Phi) is 5.92. The van der Waals surface area contributed by atoms with Crippen molar-refractivity contribution in [3.8, 4) is 11.5 Å². The fraction of sp³-hybridized carbons (Fsp3) is 0.636. The second kappa shape index (κ2) is 8.62. The van der Waals surface area contributed by atoms with E-state index in [2.05, 4.69) is 22.4 Å². The molecule has 0 N–H and O–H groups in total. The molecule has 1 unspecified atom stereocenters. The first-order chi connectivity index (χ1) is 14.6. The van der Waals surface area contributed by atoms with Gasteiger partial charge in [-0.05, 0) is 61.2 Å². The van der Waals surface area contributed by atoms with Crippen LogP contribution in [0.25, 0.3) is 0 Å². The normalized spacial score (nSPS) is 22.9. The number of ether oxygens (including phenoxy) is 2. The molecule has 2 aliphatic rings. The number of carbonyl (C=O) groups excluding carboxylic acids is 1. The highest BCUT2D eigenvalue weighted by Crippen LogP contribution is 2.40.